The molecule has 0 bridgehead atoms. The van der Waals surface area contributed by atoms with Gasteiger partial charge in [-0.2, -0.15) is 0 Å². The molecule has 4 rings (SSSR count). The van der Waals surface area contributed by atoms with Crippen molar-refractivity contribution in [3.63, 3.8) is 0 Å². The molecule has 0 saturated heterocycles. The summed E-state index contributed by atoms with van der Waals surface area (Å²) < 4.78 is 16.9. The van der Waals surface area contributed by atoms with Crippen molar-refractivity contribution in [3.05, 3.63) is 94.5 Å². The van der Waals surface area contributed by atoms with Crippen molar-refractivity contribution in [3.8, 4) is 22.6 Å². The number of carbonyl (C=O) groups is 2. The fraction of sp³-hybridized carbons (Fsp3) is 0.185. The molecule has 7 nitrogen and oxygen atoms in total. The fourth-order valence-electron chi connectivity index (χ4n) is 4.23. The van der Waals surface area contributed by atoms with Crippen LogP contribution in [-0.2, 0) is 9.53 Å². The Kier molecular flexibility index (Phi) is 7.41. The van der Waals surface area contributed by atoms with Crippen LogP contribution < -0.4 is 14.8 Å². The summed E-state index contributed by atoms with van der Waals surface area (Å²) in [5.74, 6) is -0.655. The minimum absolute atomic E-state index is 0.0769. The Morgan fingerprint density at radius 3 is 2.31 bits per heavy atom. The summed E-state index contributed by atoms with van der Waals surface area (Å²) in [6, 6.07) is 17.7. The summed E-state index contributed by atoms with van der Waals surface area (Å²) in [7, 11) is 1.45. The highest BCUT2D eigenvalue weighted by atomic mass is 79.9. The first kappa shape index (κ1) is 24.3. The van der Waals surface area contributed by atoms with Crippen LogP contribution in [0, 0.1) is 0 Å². The van der Waals surface area contributed by atoms with E-state index in [1.807, 2.05) is 48.5 Å². The standard InChI is InChI=1S/C27H24BrNO6/c1-3-12-34-25-22(28)13-16(14-23(25)33-2)24(26(30)31)29-27(32)35-15-21-19-10-6-4-8-17(19)18-9-5-7-11-20(18)21/h3-11,13-14,21,24H,1,12,15H2,2H3,(H,29,32)(H,30,31). The molecule has 0 spiro atoms. The molecule has 0 fully saturated rings. The SMILES string of the molecule is C=CCOc1c(Br)cc(C(NC(=O)OCC2c3ccccc3-c3ccccc32)C(=O)O)cc1OC. The molecule has 1 unspecified atom stereocenters. The van der Waals surface area contributed by atoms with E-state index in [4.69, 9.17) is 14.2 Å². The number of nitrogens with one attached hydrogen (secondary N) is 1. The molecule has 35 heavy (non-hydrogen) atoms. The third kappa shape index (κ3) is 5.02. The maximum atomic E-state index is 12.7. The van der Waals surface area contributed by atoms with Crippen LogP contribution in [0.1, 0.15) is 28.7 Å². The molecule has 1 atom stereocenters. The molecule has 180 valence electrons. The average molecular weight is 538 g/mol. The number of carbonyl (C=O) groups excluding carboxylic acids is 1. The molecular formula is C27H24BrNO6. The Hall–Kier alpha value is -3.78. The van der Waals surface area contributed by atoms with Gasteiger partial charge in [0, 0.05) is 5.92 Å². The zero-order valence-corrected chi connectivity index (χ0v) is 20.6. The number of rotatable bonds is 9. The molecular weight excluding hydrogens is 514 g/mol. The van der Waals surface area contributed by atoms with Crippen molar-refractivity contribution in [1.29, 1.82) is 0 Å². The lowest BCUT2D eigenvalue weighted by molar-refractivity contribution is -0.139. The van der Waals surface area contributed by atoms with Crippen molar-refractivity contribution >= 4 is 28.0 Å². The molecule has 0 aliphatic heterocycles. The molecule has 1 aliphatic carbocycles. The Balaban J connectivity index is 1.50. The summed E-state index contributed by atoms with van der Waals surface area (Å²) in [6.07, 6.45) is 0.750. The number of benzene rings is 3. The number of hydrogen-bond donors (Lipinski definition) is 2. The lowest BCUT2D eigenvalue weighted by Crippen LogP contribution is -2.35. The predicted octanol–water partition coefficient (Wildman–Crippen LogP) is 5.69. The lowest BCUT2D eigenvalue weighted by Gasteiger charge is -2.19. The number of alkyl carbamates (subject to hydrolysis) is 1. The molecule has 0 saturated carbocycles. The van der Waals surface area contributed by atoms with Gasteiger partial charge in [0.25, 0.3) is 0 Å². The van der Waals surface area contributed by atoms with E-state index < -0.39 is 18.1 Å². The van der Waals surface area contributed by atoms with Crippen molar-refractivity contribution in [2.75, 3.05) is 20.3 Å². The Bertz CT molecular complexity index is 1230. The summed E-state index contributed by atoms with van der Waals surface area (Å²) in [4.78, 5) is 24.7. The van der Waals surface area contributed by atoms with E-state index in [0.717, 1.165) is 22.3 Å². The van der Waals surface area contributed by atoms with Crippen LogP contribution >= 0.6 is 15.9 Å². The monoisotopic (exact) mass is 537 g/mol. The first-order valence-electron chi connectivity index (χ1n) is 10.9. The van der Waals surface area contributed by atoms with Crippen LogP contribution in [0.5, 0.6) is 11.5 Å². The average Bonchev–Trinajstić information content (AvgIpc) is 3.18. The van der Waals surface area contributed by atoms with Gasteiger partial charge in [0.15, 0.2) is 17.5 Å². The van der Waals surface area contributed by atoms with Crippen LogP contribution in [0.3, 0.4) is 0 Å². The minimum atomic E-state index is -1.36. The van der Waals surface area contributed by atoms with Gasteiger partial charge in [-0.25, -0.2) is 9.59 Å². The molecule has 3 aromatic carbocycles. The van der Waals surface area contributed by atoms with Gasteiger partial charge in [0.2, 0.25) is 0 Å². The topological polar surface area (TPSA) is 94.1 Å². The molecule has 0 heterocycles. The second-order valence-electron chi connectivity index (χ2n) is 7.87. The van der Waals surface area contributed by atoms with E-state index in [1.165, 1.54) is 13.2 Å². The van der Waals surface area contributed by atoms with Gasteiger partial charge in [0.1, 0.15) is 13.2 Å². The minimum Gasteiger partial charge on any atom is -0.493 e. The molecule has 0 radical (unpaired) electrons. The smallest absolute Gasteiger partial charge is 0.408 e. The normalized spacial score (nSPS) is 12.7. The van der Waals surface area contributed by atoms with E-state index in [2.05, 4.69) is 27.8 Å². The summed E-state index contributed by atoms with van der Waals surface area (Å²) in [5, 5.41) is 12.3. The summed E-state index contributed by atoms with van der Waals surface area (Å²) in [6.45, 7) is 3.93. The van der Waals surface area contributed by atoms with Crippen molar-refractivity contribution in [2.45, 2.75) is 12.0 Å². The van der Waals surface area contributed by atoms with Gasteiger partial charge in [-0.3, -0.25) is 0 Å². The number of aliphatic carboxylic acids is 1. The van der Waals surface area contributed by atoms with Gasteiger partial charge in [-0.15, -0.1) is 0 Å². The first-order chi connectivity index (χ1) is 16.9. The quantitative estimate of drug-likeness (QED) is 0.340. The number of fused-ring (bicyclic) bond motifs is 3. The summed E-state index contributed by atoms with van der Waals surface area (Å²) in [5.41, 5.74) is 4.65. The fourth-order valence-corrected chi connectivity index (χ4v) is 4.81. The number of halogens is 1. The first-order valence-corrected chi connectivity index (χ1v) is 11.7. The highest BCUT2D eigenvalue weighted by molar-refractivity contribution is 9.10. The van der Waals surface area contributed by atoms with E-state index in [-0.39, 0.29) is 19.1 Å². The molecule has 1 aliphatic rings. The number of amides is 1. The van der Waals surface area contributed by atoms with Crippen molar-refractivity contribution in [1.82, 2.24) is 5.32 Å². The third-order valence-corrected chi connectivity index (χ3v) is 6.37. The van der Waals surface area contributed by atoms with Crippen molar-refractivity contribution < 1.29 is 28.9 Å². The van der Waals surface area contributed by atoms with Crippen LogP contribution in [0.2, 0.25) is 0 Å². The maximum absolute atomic E-state index is 12.7. The number of carboxylic acid groups (broad SMARTS) is 1. The number of hydrogen-bond acceptors (Lipinski definition) is 5. The Labute approximate surface area is 211 Å². The van der Waals surface area contributed by atoms with E-state index in [0.29, 0.717) is 21.5 Å². The van der Waals surface area contributed by atoms with Gasteiger partial charge in [-0.1, -0.05) is 61.2 Å². The van der Waals surface area contributed by atoms with Gasteiger partial charge >= 0.3 is 12.1 Å². The second-order valence-corrected chi connectivity index (χ2v) is 8.73. The van der Waals surface area contributed by atoms with Gasteiger partial charge in [0.05, 0.1) is 11.6 Å². The van der Waals surface area contributed by atoms with Crippen LogP contribution in [0.25, 0.3) is 11.1 Å². The number of ether oxygens (including phenoxy) is 3. The molecule has 0 aromatic heterocycles. The van der Waals surface area contributed by atoms with Crippen LogP contribution in [0.4, 0.5) is 4.79 Å². The summed E-state index contributed by atoms with van der Waals surface area (Å²) >= 11 is 3.38. The zero-order valence-electron chi connectivity index (χ0n) is 19.0. The highest BCUT2D eigenvalue weighted by Crippen LogP contribution is 2.44. The number of methoxy groups -OCH3 is 1. The van der Waals surface area contributed by atoms with E-state index in [1.54, 1.807) is 12.1 Å². The zero-order chi connectivity index (χ0) is 24.9. The maximum Gasteiger partial charge on any atom is 0.408 e. The predicted molar refractivity (Wildman–Crippen MR) is 135 cm³/mol. The molecule has 2 N–H and O–H groups in total. The highest BCUT2D eigenvalue weighted by Gasteiger charge is 2.30. The molecule has 3 aromatic rings. The van der Waals surface area contributed by atoms with E-state index >= 15 is 0 Å². The van der Waals surface area contributed by atoms with Crippen molar-refractivity contribution in [2.24, 2.45) is 0 Å². The molecule has 8 heteroatoms. The second kappa shape index (κ2) is 10.7. The third-order valence-electron chi connectivity index (χ3n) is 5.78. The number of carboxylic acids is 1. The lowest BCUT2D eigenvalue weighted by atomic mass is 9.98. The van der Waals surface area contributed by atoms with Crippen LogP contribution in [-0.4, -0.2) is 37.5 Å². The largest absolute Gasteiger partial charge is 0.493 e. The Morgan fingerprint density at radius 1 is 1.11 bits per heavy atom. The van der Waals surface area contributed by atoms with Gasteiger partial charge < -0.3 is 24.6 Å². The Morgan fingerprint density at radius 2 is 1.74 bits per heavy atom. The van der Waals surface area contributed by atoms with Crippen LogP contribution in [0.15, 0.2) is 77.8 Å². The van der Waals surface area contributed by atoms with E-state index in [9.17, 15) is 14.7 Å². The molecule has 1 amide bonds. The van der Waals surface area contributed by atoms with Gasteiger partial charge in [-0.05, 0) is 55.9 Å².